The maximum Gasteiger partial charge on any atom is 0.276 e. The van der Waals surface area contributed by atoms with Gasteiger partial charge in [-0.1, -0.05) is 48.5 Å². The van der Waals surface area contributed by atoms with Crippen LogP contribution in [0.4, 0.5) is 5.69 Å². The van der Waals surface area contributed by atoms with Crippen LogP contribution in [0.3, 0.4) is 0 Å². The number of carbonyl (C=O) groups is 1. The molecule has 2 aromatic carbocycles. The molecule has 0 bridgehead atoms. The Morgan fingerprint density at radius 2 is 1.43 bits per heavy atom. The number of aromatic nitrogens is 2. The predicted octanol–water partition coefficient (Wildman–Crippen LogP) is 3.40. The summed E-state index contributed by atoms with van der Waals surface area (Å²) >= 11 is 0. The van der Waals surface area contributed by atoms with E-state index in [1.165, 1.54) is 0 Å². The van der Waals surface area contributed by atoms with Gasteiger partial charge in [-0.15, -0.1) is 10.2 Å². The molecule has 1 amide bonds. The zero-order chi connectivity index (χ0) is 14.5. The number of amides is 1. The van der Waals surface area contributed by atoms with Crippen molar-refractivity contribution in [2.24, 2.45) is 0 Å². The molecule has 0 aliphatic rings. The van der Waals surface area contributed by atoms with Gasteiger partial charge in [-0.3, -0.25) is 4.79 Å². The fourth-order valence-electron chi connectivity index (χ4n) is 1.93. The van der Waals surface area contributed by atoms with Crippen molar-refractivity contribution >= 4 is 11.6 Å². The molecule has 0 aliphatic carbocycles. The average Bonchev–Trinajstić information content (AvgIpc) is 2.57. The lowest BCUT2D eigenvalue weighted by molar-refractivity contribution is 0.102. The van der Waals surface area contributed by atoms with E-state index in [0.29, 0.717) is 5.69 Å². The molecule has 0 spiro atoms. The maximum atomic E-state index is 12.0. The molecule has 1 heterocycles. The molecule has 0 fully saturated rings. The highest BCUT2D eigenvalue weighted by molar-refractivity contribution is 6.02. The standard InChI is InChI=1S/C17H13N3O/c21-17(18-14-9-5-2-6-10-14)16-12-11-15(19-20-16)13-7-3-1-4-8-13/h1-12H,(H,18,21). The van der Waals surface area contributed by atoms with E-state index in [-0.39, 0.29) is 5.91 Å². The highest BCUT2D eigenvalue weighted by atomic mass is 16.1. The minimum Gasteiger partial charge on any atom is -0.321 e. The van der Waals surface area contributed by atoms with Crippen molar-refractivity contribution < 1.29 is 4.79 Å². The van der Waals surface area contributed by atoms with Gasteiger partial charge >= 0.3 is 0 Å². The van der Waals surface area contributed by atoms with Crippen molar-refractivity contribution in [3.63, 3.8) is 0 Å². The first-order valence-electron chi connectivity index (χ1n) is 6.58. The van der Waals surface area contributed by atoms with Crippen molar-refractivity contribution in [3.8, 4) is 11.3 Å². The molecule has 21 heavy (non-hydrogen) atoms. The van der Waals surface area contributed by atoms with Crippen LogP contribution < -0.4 is 5.32 Å². The maximum absolute atomic E-state index is 12.0. The molecule has 3 rings (SSSR count). The number of benzene rings is 2. The Morgan fingerprint density at radius 3 is 2.05 bits per heavy atom. The second kappa shape index (κ2) is 5.96. The van der Waals surface area contributed by atoms with Gasteiger partial charge < -0.3 is 5.32 Å². The van der Waals surface area contributed by atoms with Crippen LogP contribution in [0.25, 0.3) is 11.3 Å². The number of para-hydroxylation sites is 1. The van der Waals surface area contributed by atoms with E-state index in [2.05, 4.69) is 15.5 Å². The molecule has 4 heteroatoms. The number of rotatable bonds is 3. The Labute approximate surface area is 122 Å². The minimum atomic E-state index is -0.270. The molecule has 1 N–H and O–H groups in total. The smallest absolute Gasteiger partial charge is 0.276 e. The summed E-state index contributed by atoms with van der Waals surface area (Å²) in [6, 6.07) is 22.5. The van der Waals surface area contributed by atoms with Crippen molar-refractivity contribution in [3.05, 3.63) is 78.5 Å². The van der Waals surface area contributed by atoms with Gasteiger partial charge in [0.15, 0.2) is 5.69 Å². The van der Waals surface area contributed by atoms with Gasteiger partial charge in [0.05, 0.1) is 5.69 Å². The Kier molecular flexibility index (Phi) is 3.69. The highest BCUT2D eigenvalue weighted by Crippen LogP contribution is 2.15. The van der Waals surface area contributed by atoms with Crippen LogP contribution in [-0.2, 0) is 0 Å². The number of carbonyl (C=O) groups excluding carboxylic acids is 1. The van der Waals surface area contributed by atoms with Crippen molar-refractivity contribution in [1.82, 2.24) is 10.2 Å². The van der Waals surface area contributed by atoms with Crippen LogP contribution in [0.15, 0.2) is 72.8 Å². The summed E-state index contributed by atoms with van der Waals surface area (Å²) in [6.45, 7) is 0. The largest absolute Gasteiger partial charge is 0.321 e. The van der Waals surface area contributed by atoms with Gasteiger partial charge in [-0.05, 0) is 24.3 Å². The topological polar surface area (TPSA) is 54.9 Å². The highest BCUT2D eigenvalue weighted by Gasteiger charge is 2.09. The van der Waals surface area contributed by atoms with Gasteiger partial charge in [-0.25, -0.2) is 0 Å². The zero-order valence-electron chi connectivity index (χ0n) is 11.2. The summed E-state index contributed by atoms with van der Waals surface area (Å²) in [5, 5.41) is 10.9. The van der Waals surface area contributed by atoms with E-state index in [1.54, 1.807) is 12.1 Å². The summed E-state index contributed by atoms with van der Waals surface area (Å²) in [5.41, 5.74) is 2.74. The Hall–Kier alpha value is -3.01. The summed E-state index contributed by atoms with van der Waals surface area (Å²) in [5.74, 6) is -0.270. The fourth-order valence-corrected chi connectivity index (χ4v) is 1.93. The number of nitrogens with one attached hydrogen (secondary N) is 1. The SMILES string of the molecule is O=C(Nc1ccccc1)c1ccc(-c2ccccc2)nn1. The molecular formula is C17H13N3O. The molecular weight excluding hydrogens is 262 g/mol. The van der Waals surface area contributed by atoms with Crippen LogP contribution in [0.2, 0.25) is 0 Å². The minimum absolute atomic E-state index is 0.270. The van der Waals surface area contributed by atoms with Crippen LogP contribution in [0, 0.1) is 0 Å². The summed E-state index contributed by atoms with van der Waals surface area (Å²) in [7, 11) is 0. The van der Waals surface area contributed by atoms with Gasteiger partial charge in [0.1, 0.15) is 0 Å². The normalized spacial score (nSPS) is 10.1. The van der Waals surface area contributed by atoms with E-state index in [4.69, 9.17) is 0 Å². The molecule has 0 saturated heterocycles. The average molecular weight is 275 g/mol. The van der Waals surface area contributed by atoms with Crippen LogP contribution >= 0.6 is 0 Å². The molecule has 0 unspecified atom stereocenters. The third-order valence-corrected chi connectivity index (χ3v) is 3.00. The fraction of sp³-hybridized carbons (Fsp3) is 0. The van der Waals surface area contributed by atoms with Gasteiger partial charge in [0.2, 0.25) is 0 Å². The zero-order valence-corrected chi connectivity index (χ0v) is 11.2. The first-order valence-corrected chi connectivity index (χ1v) is 6.58. The van der Waals surface area contributed by atoms with Crippen molar-refractivity contribution in [2.45, 2.75) is 0 Å². The predicted molar refractivity (Wildman–Crippen MR) is 81.9 cm³/mol. The van der Waals surface area contributed by atoms with Crippen molar-refractivity contribution in [1.29, 1.82) is 0 Å². The van der Waals surface area contributed by atoms with E-state index < -0.39 is 0 Å². The Morgan fingerprint density at radius 1 is 0.762 bits per heavy atom. The second-order valence-corrected chi connectivity index (χ2v) is 4.49. The molecule has 102 valence electrons. The quantitative estimate of drug-likeness (QED) is 0.797. The van der Waals surface area contributed by atoms with Crippen molar-refractivity contribution in [2.75, 3.05) is 5.32 Å². The number of hydrogen-bond donors (Lipinski definition) is 1. The molecule has 3 aromatic rings. The van der Waals surface area contributed by atoms with E-state index in [9.17, 15) is 4.79 Å². The first kappa shape index (κ1) is 13.0. The van der Waals surface area contributed by atoms with Crippen LogP contribution in [0.5, 0.6) is 0 Å². The summed E-state index contributed by atoms with van der Waals surface area (Å²) in [4.78, 5) is 12.0. The molecule has 0 atom stereocenters. The van der Waals surface area contributed by atoms with Gasteiger partial charge in [-0.2, -0.15) is 0 Å². The molecule has 0 aliphatic heterocycles. The second-order valence-electron chi connectivity index (χ2n) is 4.49. The Bertz CT molecular complexity index is 725. The lowest BCUT2D eigenvalue weighted by Crippen LogP contribution is -2.14. The molecule has 0 radical (unpaired) electrons. The first-order chi connectivity index (χ1) is 10.3. The number of hydrogen-bond acceptors (Lipinski definition) is 3. The van der Waals surface area contributed by atoms with Crippen LogP contribution in [0.1, 0.15) is 10.5 Å². The third-order valence-electron chi connectivity index (χ3n) is 3.00. The monoisotopic (exact) mass is 275 g/mol. The van der Waals surface area contributed by atoms with Crippen LogP contribution in [-0.4, -0.2) is 16.1 Å². The summed E-state index contributed by atoms with van der Waals surface area (Å²) in [6.07, 6.45) is 0. The number of anilines is 1. The van der Waals surface area contributed by atoms with E-state index >= 15 is 0 Å². The van der Waals surface area contributed by atoms with E-state index in [0.717, 1.165) is 16.9 Å². The molecule has 1 aromatic heterocycles. The lowest BCUT2D eigenvalue weighted by atomic mass is 10.1. The van der Waals surface area contributed by atoms with Gasteiger partial charge in [0, 0.05) is 11.3 Å². The molecule has 4 nitrogen and oxygen atoms in total. The summed E-state index contributed by atoms with van der Waals surface area (Å²) < 4.78 is 0. The van der Waals surface area contributed by atoms with Gasteiger partial charge in [0.25, 0.3) is 5.91 Å². The molecule has 0 saturated carbocycles. The lowest BCUT2D eigenvalue weighted by Gasteiger charge is -2.04. The Balaban J connectivity index is 1.77. The van der Waals surface area contributed by atoms with E-state index in [1.807, 2.05) is 60.7 Å². The third kappa shape index (κ3) is 3.12. The number of nitrogens with zero attached hydrogens (tertiary/aromatic N) is 2.